The fourth-order valence-electron chi connectivity index (χ4n) is 2.37. The lowest BCUT2D eigenvalue weighted by molar-refractivity contribution is -0.122. The van der Waals surface area contributed by atoms with Crippen LogP contribution in [0.3, 0.4) is 0 Å². The number of carbonyl (C=O) groups excluding carboxylic acids is 1. The van der Waals surface area contributed by atoms with Crippen LogP contribution in [0.5, 0.6) is 0 Å². The molecule has 6 heteroatoms. The van der Waals surface area contributed by atoms with Gasteiger partial charge in [0.25, 0.3) is 0 Å². The third-order valence-electron chi connectivity index (χ3n) is 3.62. The lowest BCUT2D eigenvalue weighted by Crippen LogP contribution is -2.44. The number of nitrogens with one attached hydrogen (secondary N) is 1. The zero-order valence-electron chi connectivity index (χ0n) is 11.5. The molecule has 5 nitrogen and oxygen atoms in total. The second kappa shape index (κ2) is 5.93. The molecule has 1 aliphatic carbocycles. The van der Waals surface area contributed by atoms with Crippen LogP contribution in [0.15, 0.2) is 24.3 Å². The van der Waals surface area contributed by atoms with Crippen LogP contribution >= 0.6 is 0 Å². The lowest BCUT2D eigenvalue weighted by Gasteiger charge is -2.30. The van der Waals surface area contributed by atoms with Crippen LogP contribution in [-0.4, -0.2) is 38.9 Å². The number of hydrogen-bond acceptors (Lipinski definition) is 4. The highest BCUT2D eigenvalue weighted by molar-refractivity contribution is 7.90. The summed E-state index contributed by atoms with van der Waals surface area (Å²) in [6, 6.07) is 7.39. The van der Waals surface area contributed by atoms with Gasteiger partial charge >= 0.3 is 0 Å². The Morgan fingerprint density at radius 3 is 2.80 bits per heavy atom. The van der Waals surface area contributed by atoms with Crippen LogP contribution in [0.25, 0.3) is 0 Å². The third kappa shape index (κ3) is 3.80. The van der Waals surface area contributed by atoms with E-state index in [1.165, 1.54) is 11.1 Å². The molecule has 2 rings (SSSR count). The lowest BCUT2D eigenvalue weighted by atomic mass is 9.77. The molecule has 110 valence electrons. The molecule has 20 heavy (non-hydrogen) atoms. The van der Waals surface area contributed by atoms with E-state index in [1.54, 1.807) is 0 Å². The molecule has 0 bridgehead atoms. The van der Waals surface area contributed by atoms with Gasteiger partial charge in [-0.05, 0) is 24.0 Å². The molecule has 2 atom stereocenters. The van der Waals surface area contributed by atoms with Crippen molar-refractivity contribution in [2.75, 3.05) is 18.6 Å². The van der Waals surface area contributed by atoms with E-state index < -0.39 is 15.9 Å². The van der Waals surface area contributed by atoms with E-state index in [0.29, 0.717) is 12.5 Å². The number of benzene rings is 1. The molecule has 0 radical (unpaired) electrons. The van der Waals surface area contributed by atoms with Gasteiger partial charge in [-0.2, -0.15) is 0 Å². The first-order valence-electron chi connectivity index (χ1n) is 6.65. The van der Waals surface area contributed by atoms with Crippen LogP contribution in [0, 0.1) is 0 Å². The Morgan fingerprint density at radius 2 is 2.15 bits per heavy atom. The molecule has 1 aliphatic rings. The molecule has 0 saturated heterocycles. The summed E-state index contributed by atoms with van der Waals surface area (Å²) < 4.78 is 22.1. The molecule has 1 amide bonds. The summed E-state index contributed by atoms with van der Waals surface area (Å²) in [5.74, 6) is 0.00342. The highest BCUT2D eigenvalue weighted by Gasteiger charge is 2.26. The standard InChI is InChI=1S/C14H20N2O3S/c1-20(18,19)7-6-13(15)14(17)16-9-11-8-10-4-2-3-5-12(10)11/h2-5,11,13H,6-9,15H2,1H3,(H,16,17). The molecule has 0 spiro atoms. The Bertz CT molecular complexity index is 598. The highest BCUT2D eigenvalue weighted by Crippen LogP contribution is 2.33. The van der Waals surface area contributed by atoms with Gasteiger partial charge in [-0.25, -0.2) is 8.42 Å². The van der Waals surface area contributed by atoms with Crippen molar-refractivity contribution in [3.63, 3.8) is 0 Å². The minimum Gasteiger partial charge on any atom is -0.354 e. The normalized spacial score (nSPS) is 18.8. The molecule has 0 fully saturated rings. The predicted molar refractivity (Wildman–Crippen MR) is 78.2 cm³/mol. The van der Waals surface area contributed by atoms with Crippen LogP contribution < -0.4 is 11.1 Å². The van der Waals surface area contributed by atoms with Crippen LogP contribution in [-0.2, 0) is 21.1 Å². The number of fused-ring (bicyclic) bond motifs is 1. The first-order valence-corrected chi connectivity index (χ1v) is 8.71. The maximum absolute atomic E-state index is 11.8. The summed E-state index contributed by atoms with van der Waals surface area (Å²) in [7, 11) is -3.08. The van der Waals surface area contributed by atoms with E-state index in [1.807, 2.05) is 12.1 Å². The van der Waals surface area contributed by atoms with E-state index in [-0.39, 0.29) is 18.1 Å². The first kappa shape index (κ1) is 15.0. The second-order valence-electron chi connectivity index (χ2n) is 5.37. The molecule has 2 unspecified atom stereocenters. The first-order chi connectivity index (χ1) is 9.37. The molecule has 0 saturated carbocycles. The SMILES string of the molecule is CS(=O)(=O)CCC(N)C(=O)NCC1Cc2ccccc21. The van der Waals surface area contributed by atoms with E-state index in [2.05, 4.69) is 17.4 Å². The van der Waals surface area contributed by atoms with Gasteiger partial charge in [-0.15, -0.1) is 0 Å². The van der Waals surface area contributed by atoms with E-state index in [4.69, 9.17) is 5.73 Å². The van der Waals surface area contributed by atoms with Crippen LogP contribution in [0.1, 0.15) is 23.5 Å². The number of rotatable bonds is 6. The van der Waals surface area contributed by atoms with Crippen molar-refractivity contribution < 1.29 is 13.2 Å². The molecule has 1 aromatic carbocycles. The van der Waals surface area contributed by atoms with Gasteiger partial charge in [-0.1, -0.05) is 24.3 Å². The predicted octanol–water partition coefficient (Wildman–Crippen LogP) is 0.205. The van der Waals surface area contributed by atoms with Gasteiger partial charge < -0.3 is 11.1 Å². The summed E-state index contributed by atoms with van der Waals surface area (Å²) in [6.45, 7) is 0.558. The summed E-state index contributed by atoms with van der Waals surface area (Å²) in [6.07, 6.45) is 2.27. The minimum atomic E-state index is -3.08. The quantitative estimate of drug-likeness (QED) is 0.785. The van der Waals surface area contributed by atoms with E-state index >= 15 is 0 Å². The van der Waals surface area contributed by atoms with Gasteiger partial charge in [0.05, 0.1) is 11.8 Å². The fraction of sp³-hybridized carbons (Fsp3) is 0.500. The van der Waals surface area contributed by atoms with Crippen molar-refractivity contribution in [2.45, 2.75) is 24.8 Å². The molecule has 3 N–H and O–H groups in total. The zero-order valence-corrected chi connectivity index (χ0v) is 12.3. The zero-order chi connectivity index (χ0) is 14.8. The minimum absolute atomic E-state index is 0.0617. The Morgan fingerprint density at radius 1 is 1.45 bits per heavy atom. The van der Waals surface area contributed by atoms with Gasteiger partial charge in [0, 0.05) is 18.7 Å². The maximum Gasteiger partial charge on any atom is 0.236 e. The average molecular weight is 296 g/mol. The van der Waals surface area contributed by atoms with Gasteiger partial charge in [0.2, 0.25) is 5.91 Å². The Kier molecular flexibility index (Phi) is 4.45. The summed E-state index contributed by atoms with van der Waals surface area (Å²) >= 11 is 0. The van der Waals surface area contributed by atoms with Crippen molar-refractivity contribution in [1.29, 1.82) is 0 Å². The van der Waals surface area contributed by atoms with Crippen LogP contribution in [0.4, 0.5) is 0 Å². The fourth-order valence-corrected chi connectivity index (χ4v) is 3.05. The molecular weight excluding hydrogens is 276 g/mol. The Labute approximate surface area is 119 Å². The van der Waals surface area contributed by atoms with Crippen molar-refractivity contribution in [3.05, 3.63) is 35.4 Å². The van der Waals surface area contributed by atoms with E-state index in [0.717, 1.165) is 12.7 Å². The number of carbonyl (C=O) groups is 1. The monoisotopic (exact) mass is 296 g/mol. The average Bonchev–Trinajstić information content (AvgIpc) is 2.36. The van der Waals surface area contributed by atoms with Gasteiger partial charge in [-0.3, -0.25) is 4.79 Å². The molecule has 0 aromatic heterocycles. The second-order valence-corrected chi connectivity index (χ2v) is 7.63. The highest BCUT2D eigenvalue weighted by atomic mass is 32.2. The maximum atomic E-state index is 11.8. The Balaban J connectivity index is 1.76. The van der Waals surface area contributed by atoms with Gasteiger partial charge in [0.15, 0.2) is 0 Å². The smallest absolute Gasteiger partial charge is 0.236 e. The van der Waals surface area contributed by atoms with Crippen LogP contribution in [0.2, 0.25) is 0 Å². The number of nitrogens with two attached hydrogens (primary N) is 1. The third-order valence-corrected chi connectivity index (χ3v) is 4.60. The largest absolute Gasteiger partial charge is 0.354 e. The molecule has 0 aliphatic heterocycles. The summed E-state index contributed by atoms with van der Waals surface area (Å²) in [5, 5.41) is 2.80. The molecule has 0 heterocycles. The molecule has 1 aromatic rings. The Hall–Kier alpha value is -1.40. The summed E-state index contributed by atoms with van der Waals surface area (Å²) in [4.78, 5) is 11.8. The van der Waals surface area contributed by atoms with Gasteiger partial charge in [0.1, 0.15) is 9.84 Å². The molecular formula is C14H20N2O3S. The number of hydrogen-bond donors (Lipinski definition) is 2. The van der Waals surface area contributed by atoms with Crippen molar-refractivity contribution in [3.8, 4) is 0 Å². The number of sulfone groups is 1. The van der Waals surface area contributed by atoms with Crippen molar-refractivity contribution in [1.82, 2.24) is 5.32 Å². The van der Waals surface area contributed by atoms with Crippen molar-refractivity contribution >= 4 is 15.7 Å². The van der Waals surface area contributed by atoms with E-state index in [9.17, 15) is 13.2 Å². The van der Waals surface area contributed by atoms with Crippen molar-refractivity contribution in [2.24, 2.45) is 5.73 Å². The number of amides is 1. The topological polar surface area (TPSA) is 89.3 Å². The summed E-state index contributed by atoms with van der Waals surface area (Å²) in [5.41, 5.74) is 8.29.